The third-order valence-corrected chi connectivity index (χ3v) is 2.38. The minimum Gasteiger partial charge on any atom is -0.480 e. The van der Waals surface area contributed by atoms with Crippen LogP contribution in [-0.4, -0.2) is 51.1 Å². The average Bonchev–Trinajstić information content (AvgIpc) is 2.78. The summed E-state index contributed by atoms with van der Waals surface area (Å²) in [5.41, 5.74) is 0. The van der Waals surface area contributed by atoms with E-state index >= 15 is 0 Å². The van der Waals surface area contributed by atoms with Crippen molar-refractivity contribution in [2.45, 2.75) is 26.3 Å². The van der Waals surface area contributed by atoms with Crippen LogP contribution in [0.25, 0.3) is 0 Å². The number of carbonyl (C=O) groups excluding carboxylic acids is 1. The van der Waals surface area contributed by atoms with Gasteiger partial charge in [0.05, 0.1) is 0 Å². The summed E-state index contributed by atoms with van der Waals surface area (Å²) < 4.78 is 0. The molecule has 0 unspecified atom stereocenters. The Kier molecular flexibility index (Phi) is 5.16. The second-order valence-corrected chi connectivity index (χ2v) is 4.13. The highest BCUT2D eigenvalue weighted by molar-refractivity contribution is 5.80. The van der Waals surface area contributed by atoms with Crippen molar-refractivity contribution in [2.24, 2.45) is 0 Å². The number of amides is 2. The molecule has 0 aliphatic heterocycles. The molecule has 0 aromatic carbocycles. The Labute approximate surface area is 105 Å². The monoisotopic (exact) mass is 254 g/mol. The van der Waals surface area contributed by atoms with Crippen LogP contribution in [0.1, 0.15) is 19.7 Å². The maximum Gasteiger partial charge on any atom is 0.323 e. The van der Waals surface area contributed by atoms with E-state index in [9.17, 15) is 9.59 Å². The molecule has 1 aromatic rings. The molecular weight excluding hydrogens is 236 g/mol. The second kappa shape index (κ2) is 6.63. The number of imidazole rings is 1. The molecule has 2 amide bonds. The Bertz CT molecular complexity index is 389. The van der Waals surface area contributed by atoms with E-state index in [1.54, 1.807) is 26.2 Å². The van der Waals surface area contributed by atoms with Gasteiger partial charge in [-0.25, -0.2) is 9.78 Å². The van der Waals surface area contributed by atoms with E-state index in [4.69, 9.17) is 5.11 Å². The first-order valence-corrected chi connectivity index (χ1v) is 5.75. The van der Waals surface area contributed by atoms with Crippen molar-refractivity contribution in [3.63, 3.8) is 0 Å². The Morgan fingerprint density at radius 1 is 1.56 bits per heavy atom. The van der Waals surface area contributed by atoms with Gasteiger partial charge in [0.25, 0.3) is 0 Å². The fraction of sp³-hybridized carbons (Fsp3) is 0.545. The molecule has 3 N–H and O–H groups in total. The fourth-order valence-corrected chi connectivity index (χ4v) is 1.46. The van der Waals surface area contributed by atoms with Crippen LogP contribution in [-0.2, 0) is 11.2 Å². The van der Waals surface area contributed by atoms with Crippen molar-refractivity contribution in [3.8, 4) is 0 Å². The molecule has 0 spiro atoms. The number of nitrogens with zero attached hydrogens (tertiary/aromatic N) is 2. The van der Waals surface area contributed by atoms with Crippen molar-refractivity contribution >= 4 is 12.0 Å². The molecule has 0 atom stereocenters. The summed E-state index contributed by atoms with van der Waals surface area (Å²) in [4.78, 5) is 30.6. The number of urea groups is 1. The molecule has 1 heterocycles. The van der Waals surface area contributed by atoms with Crippen LogP contribution >= 0.6 is 0 Å². The van der Waals surface area contributed by atoms with Crippen LogP contribution in [0.3, 0.4) is 0 Å². The summed E-state index contributed by atoms with van der Waals surface area (Å²) in [6, 6.07) is -0.538. The Balaban J connectivity index is 2.39. The second-order valence-electron chi connectivity index (χ2n) is 4.13. The largest absolute Gasteiger partial charge is 0.480 e. The molecule has 0 aliphatic rings. The summed E-state index contributed by atoms with van der Waals surface area (Å²) in [6.45, 7) is 3.66. The SMILES string of the molecule is CC(C)N(CC(=O)O)C(=O)NCCc1ncc[nH]1. The van der Waals surface area contributed by atoms with E-state index in [0.29, 0.717) is 13.0 Å². The molecule has 7 heteroatoms. The molecule has 1 rings (SSSR count). The van der Waals surface area contributed by atoms with Crippen LogP contribution in [0, 0.1) is 0 Å². The smallest absolute Gasteiger partial charge is 0.323 e. The van der Waals surface area contributed by atoms with E-state index in [1.165, 1.54) is 4.90 Å². The predicted octanol–water partition coefficient (Wildman–Crippen LogP) is 0.457. The third kappa shape index (κ3) is 4.44. The summed E-state index contributed by atoms with van der Waals surface area (Å²) in [7, 11) is 0. The lowest BCUT2D eigenvalue weighted by molar-refractivity contribution is -0.138. The van der Waals surface area contributed by atoms with Gasteiger partial charge in [0.15, 0.2) is 0 Å². The number of carboxylic acid groups (broad SMARTS) is 1. The summed E-state index contributed by atoms with van der Waals surface area (Å²) >= 11 is 0. The molecule has 0 saturated carbocycles. The first-order valence-electron chi connectivity index (χ1n) is 5.75. The first-order chi connectivity index (χ1) is 8.50. The Hall–Kier alpha value is -2.05. The standard InChI is InChI=1S/C11H18N4O3/c1-8(2)15(7-10(16)17)11(18)14-4-3-9-12-5-6-13-9/h5-6,8H,3-4,7H2,1-2H3,(H,12,13)(H,14,18)(H,16,17). The van der Waals surface area contributed by atoms with Crippen LogP contribution < -0.4 is 5.32 Å². The van der Waals surface area contributed by atoms with Crippen LogP contribution in [0.5, 0.6) is 0 Å². The van der Waals surface area contributed by atoms with E-state index < -0.39 is 5.97 Å². The van der Waals surface area contributed by atoms with E-state index in [0.717, 1.165) is 5.82 Å². The van der Waals surface area contributed by atoms with Crippen molar-refractivity contribution in [1.82, 2.24) is 20.2 Å². The van der Waals surface area contributed by atoms with Gasteiger partial charge < -0.3 is 20.3 Å². The van der Waals surface area contributed by atoms with Gasteiger partial charge in [-0.2, -0.15) is 0 Å². The van der Waals surface area contributed by atoms with E-state index in [1.807, 2.05) is 0 Å². The van der Waals surface area contributed by atoms with Crippen molar-refractivity contribution in [2.75, 3.05) is 13.1 Å². The van der Waals surface area contributed by atoms with Gasteiger partial charge in [-0.05, 0) is 13.8 Å². The highest BCUT2D eigenvalue weighted by Gasteiger charge is 2.19. The lowest BCUT2D eigenvalue weighted by Gasteiger charge is -2.24. The Morgan fingerprint density at radius 3 is 2.78 bits per heavy atom. The topological polar surface area (TPSA) is 98.3 Å². The average molecular weight is 254 g/mol. The van der Waals surface area contributed by atoms with Gasteiger partial charge in [-0.3, -0.25) is 4.79 Å². The number of hydrogen-bond acceptors (Lipinski definition) is 3. The van der Waals surface area contributed by atoms with Crippen molar-refractivity contribution in [1.29, 1.82) is 0 Å². The zero-order chi connectivity index (χ0) is 13.5. The number of H-pyrrole nitrogens is 1. The number of hydrogen-bond donors (Lipinski definition) is 3. The quantitative estimate of drug-likeness (QED) is 0.686. The molecular formula is C11H18N4O3. The number of carbonyl (C=O) groups is 2. The zero-order valence-electron chi connectivity index (χ0n) is 10.5. The van der Waals surface area contributed by atoms with Crippen LogP contribution in [0.4, 0.5) is 4.79 Å². The van der Waals surface area contributed by atoms with Gasteiger partial charge in [-0.1, -0.05) is 0 Å². The van der Waals surface area contributed by atoms with Crippen LogP contribution in [0.2, 0.25) is 0 Å². The lowest BCUT2D eigenvalue weighted by Crippen LogP contribution is -2.46. The molecule has 100 valence electrons. The highest BCUT2D eigenvalue weighted by atomic mass is 16.4. The van der Waals surface area contributed by atoms with Crippen molar-refractivity contribution in [3.05, 3.63) is 18.2 Å². The Morgan fingerprint density at radius 2 is 2.28 bits per heavy atom. The number of rotatable bonds is 6. The van der Waals surface area contributed by atoms with Gasteiger partial charge in [0, 0.05) is 31.4 Å². The molecule has 0 fully saturated rings. The third-order valence-electron chi connectivity index (χ3n) is 2.38. The fourth-order valence-electron chi connectivity index (χ4n) is 1.46. The van der Waals surface area contributed by atoms with E-state index in [-0.39, 0.29) is 18.6 Å². The van der Waals surface area contributed by atoms with Crippen LogP contribution in [0.15, 0.2) is 12.4 Å². The van der Waals surface area contributed by atoms with Gasteiger partial charge in [0.1, 0.15) is 12.4 Å². The number of nitrogens with one attached hydrogen (secondary N) is 2. The molecule has 0 aliphatic carbocycles. The van der Waals surface area contributed by atoms with Gasteiger partial charge in [-0.15, -0.1) is 0 Å². The minimum absolute atomic E-state index is 0.162. The number of aromatic amines is 1. The maximum absolute atomic E-state index is 11.8. The summed E-state index contributed by atoms with van der Waals surface area (Å²) in [5, 5.41) is 11.4. The molecule has 7 nitrogen and oxygen atoms in total. The summed E-state index contributed by atoms with van der Waals surface area (Å²) in [5.74, 6) is -0.241. The molecule has 18 heavy (non-hydrogen) atoms. The molecule has 0 bridgehead atoms. The number of aromatic nitrogens is 2. The molecule has 0 saturated heterocycles. The lowest BCUT2D eigenvalue weighted by atomic mass is 10.3. The van der Waals surface area contributed by atoms with Crippen molar-refractivity contribution < 1.29 is 14.7 Å². The first kappa shape index (κ1) is 14.0. The summed E-state index contributed by atoms with van der Waals surface area (Å²) in [6.07, 6.45) is 3.93. The predicted molar refractivity (Wildman–Crippen MR) is 65.2 cm³/mol. The van der Waals surface area contributed by atoms with Gasteiger partial charge in [0.2, 0.25) is 0 Å². The molecule has 0 radical (unpaired) electrons. The zero-order valence-corrected chi connectivity index (χ0v) is 10.5. The number of aliphatic carboxylic acids is 1. The normalized spacial score (nSPS) is 10.4. The minimum atomic E-state index is -1.02. The highest BCUT2D eigenvalue weighted by Crippen LogP contribution is 1.98. The number of carboxylic acids is 1. The maximum atomic E-state index is 11.8. The van der Waals surface area contributed by atoms with E-state index in [2.05, 4.69) is 15.3 Å². The molecule has 1 aromatic heterocycles. The van der Waals surface area contributed by atoms with Gasteiger partial charge >= 0.3 is 12.0 Å².